The van der Waals surface area contributed by atoms with Crippen molar-refractivity contribution in [3.05, 3.63) is 258 Å². The Kier molecular flexibility index (Phi) is 9.41. The predicted octanol–water partition coefficient (Wildman–Crippen LogP) is 15.2. The molecule has 1 atom stereocenters. The molecule has 0 saturated carbocycles. The van der Waals surface area contributed by atoms with Crippen molar-refractivity contribution >= 4 is 17.1 Å². The monoisotopic (exact) mass is 803 g/mol. The lowest BCUT2D eigenvalue weighted by atomic mass is 9.67. The zero-order chi connectivity index (χ0) is 41.7. The van der Waals surface area contributed by atoms with Gasteiger partial charge in [0.1, 0.15) is 0 Å². The molecule has 10 rings (SSSR count). The number of anilines is 3. The molecule has 0 spiro atoms. The zero-order valence-corrected chi connectivity index (χ0v) is 32.5. The Morgan fingerprint density at radius 3 is 1.23 bits per heavy atom. The first kappa shape index (κ1) is 37.7. The highest BCUT2D eigenvalue weighted by atomic mass is 19.2. The lowest BCUT2D eigenvalue weighted by molar-refractivity contribution is 0.381. The minimum absolute atomic E-state index is 0.135. The van der Waals surface area contributed by atoms with Gasteiger partial charge in [-0.15, -0.1) is 0 Å². The number of rotatable bonds is 8. The molecular formula is C55H34F5N. The van der Waals surface area contributed by atoms with Gasteiger partial charge in [0, 0.05) is 17.1 Å². The van der Waals surface area contributed by atoms with Crippen molar-refractivity contribution in [1.29, 1.82) is 0 Å². The summed E-state index contributed by atoms with van der Waals surface area (Å²) < 4.78 is 73.1. The van der Waals surface area contributed by atoms with Gasteiger partial charge in [0.2, 0.25) is 5.82 Å². The summed E-state index contributed by atoms with van der Waals surface area (Å²) in [6.45, 7) is 0. The highest BCUT2D eigenvalue weighted by molar-refractivity contribution is 5.90. The summed E-state index contributed by atoms with van der Waals surface area (Å²) in [6.07, 6.45) is 0. The molecule has 0 heterocycles. The molecule has 1 aliphatic carbocycles. The molecule has 9 aromatic carbocycles. The van der Waals surface area contributed by atoms with E-state index < -0.39 is 40.1 Å². The van der Waals surface area contributed by atoms with Crippen molar-refractivity contribution in [2.75, 3.05) is 4.90 Å². The third-order valence-electron chi connectivity index (χ3n) is 11.8. The van der Waals surface area contributed by atoms with Crippen LogP contribution in [0.1, 0.15) is 22.3 Å². The van der Waals surface area contributed by atoms with Gasteiger partial charge in [-0.25, -0.2) is 22.0 Å². The van der Waals surface area contributed by atoms with E-state index in [4.69, 9.17) is 0 Å². The van der Waals surface area contributed by atoms with Crippen molar-refractivity contribution < 1.29 is 22.0 Å². The van der Waals surface area contributed by atoms with Crippen LogP contribution in [0.2, 0.25) is 0 Å². The molecular weight excluding hydrogens is 770 g/mol. The molecule has 0 fully saturated rings. The van der Waals surface area contributed by atoms with Crippen LogP contribution in [0.3, 0.4) is 0 Å². The van der Waals surface area contributed by atoms with Gasteiger partial charge < -0.3 is 4.90 Å². The van der Waals surface area contributed by atoms with E-state index in [1.165, 1.54) is 12.1 Å². The number of nitrogens with zero attached hydrogens (tertiary/aromatic N) is 1. The van der Waals surface area contributed by atoms with E-state index in [0.717, 1.165) is 72.7 Å². The van der Waals surface area contributed by atoms with Crippen molar-refractivity contribution in [2.24, 2.45) is 0 Å². The van der Waals surface area contributed by atoms with E-state index >= 15 is 8.78 Å². The van der Waals surface area contributed by atoms with Crippen LogP contribution in [-0.2, 0) is 5.41 Å². The lowest BCUT2D eigenvalue weighted by Gasteiger charge is -2.35. The van der Waals surface area contributed by atoms with Crippen LogP contribution in [0, 0.1) is 29.1 Å². The molecule has 0 aromatic heterocycles. The van der Waals surface area contributed by atoms with E-state index in [1.54, 1.807) is 12.1 Å². The minimum atomic E-state index is -2.19. The largest absolute Gasteiger partial charge is 0.310 e. The van der Waals surface area contributed by atoms with Gasteiger partial charge >= 0.3 is 0 Å². The van der Waals surface area contributed by atoms with E-state index in [9.17, 15) is 13.2 Å². The number of benzene rings is 9. The van der Waals surface area contributed by atoms with Gasteiger partial charge in [-0.1, -0.05) is 170 Å². The van der Waals surface area contributed by atoms with Crippen molar-refractivity contribution in [3.63, 3.8) is 0 Å². The second kappa shape index (κ2) is 15.2. The Hall–Kier alpha value is -7.57. The fourth-order valence-corrected chi connectivity index (χ4v) is 8.94. The number of halogens is 5. The molecule has 294 valence electrons. The fraction of sp³-hybridized carbons (Fsp3) is 0.0182. The lowest BCUT2D eigenvalue weighted by Crippen LogP contribution is -2.28. The van der Waals surface area contributed by atoms with Crippen LogP contribution < -0.4 is 4.90 Å². The second-order valence-corrected chi connectivity index (χ2v) is 15.1. The Balaban J connectivity index is 1.17. The van der Waals surface area contributed by atoms with Crippen LogP contribution in [0.4, 0.5) is 39.0 Å². The minimum Gasteiger partial charge on any atom is -0.310 e. The maximum absolute atomic E-state index is 15.1. The molecule has 0 amide bonds. The third-order valence-corrected chi connectivity index (χ3v) is 11.8. The standard InChI is InChI=1S/C55H34F5N/c56-50-49(51(57)53(59)54(60)52(50)58)39-20-26-41(27-21-39)55(40-16-8-3-9-17-40)47-19-11-10-18-45(47)46-33-32-44(34-48(46)55)61(42-28-22-37(23-29-42)35-12-4-1-5-13-35)43-30-24-38(25-31-43)36-14-6-2-7-15-36/h1-34H. The molecule has 0 aliphatic heterocycles. The number of hydrogen-bond acceptors (Lipinski definition) is 1. The molecule has 0 bridgehead atoms. The van der Waals surface area contributed by atoms with Crippen LogP contribution in [0.15, 0.2) is 206 Å². The second-order valence-electron chi connectivity index (χ2n) is 15.1. The van der Waals surface area contributed by atoms with Crippen molar-refractivity contribution in [3.8, 4) is 44.5 Å². The Bertz CT molecular complexity index is 2930. The van der Waals surface area contributed by atoms with Crippen LogP contribution >= 0.6 is 0 Å². The molecule has 1 aliphatic rings. The molecule has 1 nitrogen and oxygen atoms in total. The number of hydrogen-bond donors (Lipinski definition) is 0. The van der Waals surface area contributed by atoms with E-state index in [2.05, 4.69) is 120 Å². The normalized spacial score (nSPS) is 14.0. The molecule has 0 N–H and O–H groups in total. The van der Waals surface area contributed by atoms with Gasteiger partial charge in [-0.3, -0.25) is 0 Å². The Morgan fingerprint density at radius 2 is 0.689 bits per heavy atom. The number of fused-ring (bicyclic) bond motifs is 3. The van der Waals surface area contributed by atoms with Crippen LogP contribution in [0.25, 0.3) is 44.5 Å². The third kappa shape index (κ3) is 6.22. The topological polar surface area (TPSA) is 3.24 Å². The van der Waals surface area contributed by atoms with E-state index in [1.807, 2.05) is 66.7 Å². The molecule has 0 saturated heterocycles. The highest BCUT2D eigenvalue weighted by Gasteiger charge is 2.46. The molecule has 0 radical (unpaired) electrons. The van der Waals surface area contributed by atoms with Gasteiger partial charge in [0.25, 0.3) is 0 Å². The molecule has 61 heavy (non-hydrogen) atoms. The van der Waals surface area contributed by atoms with Gasteiger partial charge in [-0.2, -0.15) is 0 Å². The summed E-state index contributed by atoms with van der Waals surface area (Å²) in [7, 11) is 0. The summed E-state index contributed by atoms with van der Waals surface area (Å²) in [4.78, 5) is 2.23. The summed E-state index contributed by atoms with van der Waals surface area (Å²) in [5, 5.41) is 0. The molecule has 9 aromatic rings. The maximum atomic E-state index is 15.1. The summed E-state index contributed by atoms with van der Waals surface area (Å²) in [6, 6.07) is 68.4. The van der Waals surface area contributed by atoms with Gasteiger partial charge in [0.05, 0.1) is 11.0 Å². The summed E-state index contributed by atoms with van der Waals surface area (Å²) >= 11 is 0. The fourth-order valence-electron chi connectivity index (χ4n) is 8.94. The van der Waals surface area contributed by atoms with Crippen LogP contribution in [-0.4, -0.2) is 0 Å². The predicted molar refractivity (Wildman–Crippen MR) is 235 cm³/mol. The average molecular weight is 804 g/mol. The zero-order valence-electron chi connectivity index (χ0n) is 32.5. The van der Waals surface area contributed by atoms with Crippen molar-refractivity contribution in [1.82, 2.24) is 0 Å². The summed E-state index contributed by atoms with van der Waals surface area (Å²) in [5.41, 5.74) is 10.8. The van der Waals surface area contributed by atoms with Crippen molar-refractivity contribution in [2.45, 2.75) is 5.41 Å². The van der Waals surface area contributed by atoms with E-state index in [0.29, 0.717) is 0 Å². The first-order valence-electron chi connectivity index (χ1n) is 19.9. The SMILES string of the molecule is Fc1c(F)c(F)c(-c2ccc(C3(c4ccccc4)c4ccccc4-c4ccc(N(c5ccc(-c6ccccc6)cc5)c5ccc(-c6ccccc6)cc5)cc43)cc2)c(F)c1F. The molecule has 6 heteroatoms. The van der Waals surface area contributed by atoms with Gasteiger partial charge in [0.15, 0.2) is 23.3 Å². The first-order valence-corrected chi connectivity index (χ1v) is 19.9. The average Bonchev–Trinajstić information content (AvgIpc) is 3.62. The smallest absolute Gasteiger partial charge is 0.200 e. The first-order chi connectivity index (χ1) is 29.8. The summed E-state index contributed by atoms with van der Waals surface area (Å²) in [5.74, 6) is -9.92. The highest BCUT2D eigenvalue weighted by Crippen LogP contribution is 2.57. The quantitative estimate of drug-likeness (QED) is 0.0840. The van der Waals surface area contributed by atoms with E-state index in [-0.39, 0.29) is 5.56 Å². The van der Waals surface area contributed by atoms with Gasteiger partial charge in [-0.05, 0) is 97.6 Å². The Morgan fingerprint density at radius 1 is 0.295 bits per heavy atom. The Labute approximate surface area is 350 Å². The molecule has 1 unspecified atom stereocenters. The van der Waals surface area contributed by atoms with Crippen LogP contribution in [0.5, 0.6) is 0 Å². The maximum Gasteiger partial charge on any atom is 0.200 e.